The molecule has 2 aliphatic carbocycles. The van der Waals surface area contributed by atoms with Crippen LogP contribution in [0.1, 0.15) is 155 Å². The minimum atomic E-state index is -0.143. The zero-order valence-electron chi connectivity index (χ0n) is 30.6. The molecular weight excluding hydrogens is 624 g/mol. The molecule has 2 fully saturated rings. The van der Waals surface area contributed by atoms with Crippen molar-refractivity contribution in [2.75, 3.05) is 39.3 Å². The molecule has 0 bridgehead atoms. The number of benzene rings is 2. The largest absolute Gasteiger partial charge is 0.300 e. The quantitative estimate of drug-likeness (QED) is 0.125. The smallest absolute Gasteiger partial charge is 0.261 e. The third kappa shape index (κ3) is 8.56. The predicted molar refractivity (Wildman–Crippen MR) is 198 cm³/mol. The summed E-state index contributed by atoms with van der Waals surface area (Å²) in [6, 6.07) is 12.3. The Bertz CT molecular complexity index is 1410. The van der Waals surface area contributed by atoms with E-state index in [-0.39, 0.29) is 23.6 Å². The van der Waals surface area contributed by atoms with Gasteiger partial charge >= 0.3 is 0 Å². The summed E-state index contributed by atoms with van der Waals surface area (Å²) in [7, 11) is 0. The summed E-state index contributed by atoms with van der Waals surface area (Å²) in [5.74, 6) is -0.567. The first kappa shape index (κ1) is 36.4. The maximum atomic E-state index is 13.0. The van der Waals surface area contributed by atoms with Crippen LogP contribution in [0.15, 0.2) is 36.4 Å². The topological polar surface area (TPSA) is 81.2 Å². The van der Waals surface area contributed by atoms with E-state index in [0.29, 0.717) is 47.4 Å². The fraction of sp³-hybridized carbons (Fsp3) is 0.619. The van der Waals surface area contributed by atoms with Gasteiger partial charge in [0.15, 0.2) is 0 Å². The Balaban J connectivity index is 0.942. The van der Waals surface area contributed by atoms with Crippen LogP contribution in [0.4, 0.5) is 0 Å². The van der Waals surface area contributed by atoms with Crippen molar-refractivity contribution in [1.82, 2.24) is 19.6 Å². The number of amides is 4. The average Bonchev–Trinajstić information content (AvgIpc) is 3.51. The van der Waals surface area contributed by atoms with Gasteiger partial charge in [-0.15, -0.1) is 0 Å². The highest BCUT2D eigenvalue weighted by atomic mass is 16.2. The summed E-state index contributed by atoms with van der Waals surface area (Å²) in [4.78, 5) is 60.2. The number of carbonyl (C=O) groups excluding carboxylic acids is 4. The molecule has 2 saturated carbocycles. The highest BCUT2D eigenvalue weighted by Crippen LogP contribution is 2.28. The van der Waals surface area contributed by atoms with E-state index in [9.17, 15) is 19.2 Å². The number of carbonyl (C=O) groups is 4. The molecular formula is C42H58N4O4. The molecule has 2 aromatic rings. The first-order valence-electron chi connectivity index (χ1n) is 19.7. The second-order valence-electron chi connectivity index (χ2n) is 15.4. The second kappa shape index (κ2) is 17.2. The molecule has 4 aliphatic rings. The lowest BCUT2D eigenvalue weighted by Crippen LogP contribution is -2.40. The van der Waals surface area contributed by atoms with Gasteiger partial charge in [-0.1, -0.05) is 74.6 Å². The number of nitrogens with zero attached hydrogens (tertiary/aromatic N) is 4. The lowest BCUT2D eigenvalue weighted by atomic mass is 9.93. The van der Waals surface area contributed by atoms with Crippen molar-refractivity contribution in [1.29, 1.82) is 0 Å². The predicted octanol–water partition coefficient (Wildman–Crippen LogP) is 7.81. The summed E-state index contributed by atoms with van der Waals surface area (Å²) in [5.41, 5.74) is 4.21. The van der Waals surface area contributed by atoms with Crippen molar-refractivity contribution in [3.8, 4) is 0 Å². The van der Waals surface area contributed by atoms with Gasteiger partial charge in [0, 0.05) is 38.3 Å². The average molecular weight is 683 g/mol. The van der Waals surface area contributed by atoms with Gasteiger partial charge in [-0.05, 0) is 103 Å². The number of unbranched alkanes of at least 4 members (excludes halogenated alkanes) is 3. The zero-order valence-corrected chi connectivity index (χ0v) is 30.6. The number of hydrogen-bond donors (Lipinski definition) is 0. The number of rotatable bonds is 17. The molecule has 0 unspecified atom stereocenters. The molecule has 50 heavy (non-hydrogen) atoms. The Morgan fingerprint density at radius 3 is 1.24 bits per heavy atom. The SMILES string of the molecule is Cc1ccc2c(c1)C(=O)N(CCCN(CCCCCCN(CCCN1C(=O)c3ccc(C)cc3C1=O)C1CCCCC1)C1CCCCC1)C2=O. The van der Waals surface area contributed by atoms with Gasteiger partial charge in [0.25, 0.3) is 23.6 Å². The van der Waals surface area contributed by atoms with Crippen LogP contribution in [0, 0.1) is 13.8 Å². The maximum Gasteiger partial charge on any atom is 0.261 e. The second-order valence-corrected chi connectivity index (χ2v) is 15.4. The molecule has 8 heteroatoms. The summed E-state index contributed by atoms with van der Waals surface area (Å²) in [6.45, 7) is 8.91. The Labute approximate surface area is 299 Å². The van der Waals surface area contributed by atoms with E-state index in [4.69, 9.17) is 0 Å². The first-order valence-corrected chi connectivity index (χ1v) is 19.7. The van der Waals surface area contributed by atoms with Crippen LogP contribution in [0.2, 0.25) is 0 Å². The van der Waals surface area contributed by atoms with Crippen LogP contribution in [0.5, 0.6) is 0 Å². The van der Waals surface area contributed by atoms with Crippen molar-refractivity contribution in [3.05, 3.63) is 69.8 Å². The first-order chi connectivity index (χ1) is 24.3. The molecule has 0 saturated heterocycles. The third-order valence-corrected chi connectivity index (χ3v) is 11.7. The van der Waals surface area contributed by atoms with Gasteiger partial charge in [0.1, 0.15) is 0 Å². The molecule has 8 nitrogen and oxygen atoms in total. The normalized spacial score (nSPS) is 18.6. The molecule has 2 heterocycles. The molecule has 270 valence electrons. The Morgan fingerprint density at radius 2 is 0.840 bits per heavy atom. The van der Waals surface area contributed by atoms with Gasteiger partial charge in [-0.2, -0.15) is 0 Å². The number of fused-ring (bicyclic) bond motifs is 2. The minimum absolute atomic E-state index is 0.140. The molecule has 2 aromatic carbocycles. The lowest BCUT2D eigenvalue weighted by molar-refractivity contribution is 0.0624. The van der Waals surface area contributed by atoms with E-state index in [1.54, 1.807) is 12.1 Å². The van der Waals surface area contributed by atoms with Crippen LogP contribution < -0.4 is 0 Å². The number of imide groups is 2. The molecule has 0 atom stereocenters. The fourth-order valence-corrected chi connectivity index (χ4v) is 8.91. The Morgan fingerprint density at radius 1 is 0.480 bits per heavy atom. The van der Waals surface area contributed by atoms with Gasteiger partial charge in [0.2, 0.25) is 0 Å². The monoisotopic (exact) mass is 682 g/mol. The highest BCUT2D eigenvalue weighted by Gasteiger charge is 2.36. The Kier molecular flexibility index (Phi) is 12.6. The molecule has 2 aliphatic heterocycles. The summed E-state index contributed by atoms with van der Waals surface area (Å²) >= 11 is 0. The summed E-state index contributed by atoms with van der Waals surface area (Å²) in [5, 5.41) is 0. The van der Waals surface area contributed by atoms with E-state index in [1.807, 2.05) is 38.1 Å². The molecule has 4 amide bonds. The Hall–Kier alpha value is -3.36. The number of hydrogen-bond acceptors (Lipinski definition) is 6. The standard InChI is InChI=1S/C42H58N4O4/c1-31-19-21-35-37(29-31)41(49)45(39(35)47)27-13-25-43(33-15-7-5-8-16-33)23-11-3-4-12-24-44(34-17-9-6-10-18-34)26-14-28-46-40(48)36-22-20-32(2)30-38(36)42(46)50/h19-22,29-30,33-34H,3-18,23-28H2,1-2H3. The van der Waals surface area contributed by atoms with Crippen molar-refractivity contribution in [2.24, 2.45) is 0 Å². The van der Waals surface area contributed by atoms with Crippen molar-refractivity contribution in [3.63, 3.8) is 0 Å². The van der Waals surface area contributed by atoms with E-state index in [2.05, 4.69) is 9.80 Å². The number of aryl methyl sites for hydroxylation is 2. The van der Waals surface area contributed by atoms with Crippen LogP contribution in [0.25, 0.3) is 0 Å². The molecule has 0 aromatic heterocycles. The van der Waals surface area contributed by atoms with Gasteiger partial charge in [-0.25, -0.2) is 0 Å². The van der Waals surface area contributed by atoms with Crippen molar-refractivity contribution in [2.45, 2.75) is 129 Å². The minimum Gasteiger partial charge on any atom is -0.300 e. The maximum absolute atomic E-state index is 13.0. The van der Waals surface area contributed by atoms with Crippen molar-refractivity contribution < 1.29 is 19.2 Å². The summed E-state index contributed by atoms with van der Waals surface area (Å²) < 4.78 is 0. The zero-order chi connectivity index (χ0) is 35.0. The van der Waals surface area contributed by atoms with Gasteiger partial charge in [-0.3, -0.25) is 29.0 Å². The molecule has 0 N–H and O–H groups in total. The third-order valence-electron chi connectivity index (χ3n) is 11.7. The van der Waals surface area contributed by atoms with E-state index < -0.39 is 0 Å². The van der Waals surface area contributed by atoms with E-state index in [0.717, 1.165) is 50.1 Å². The van der Waals surface area contributed by atoms with E-state index >= 15 is 0 Å². The highest BCUT2D eigenvalue weighted by molar-refractivity contribution is 6.22. The fourth-order valence-electron chi connectivity index (χ4n) is 8.91. The van der Waals surface area contributed by atoms with Crippen LogP contribution in [-0.4, -0.2) is 94.6 Å². The lowest BCUT2D eigenvalue weighted by Gasteiger charge is -2.35. The van der Waals surface area contributed by atoms with E-state index in [1.165, 1.54) is 99.7 Å². The van der Waals surface area contributed by atoms with Crippen molar-refractivity contribution >= 4 is 23.6 Å². The summed E-state index contributed by atoms with van der Waals surface area (Å²) in [6.07, 6.45) is 19.2. The van der Waals surface area contributed by atoms with Crippen LogP contribution >= 0.6 is 0 Å². The molecule has 0 radical (unpaired) electrons. The molecule has 6 rings (SSSR count). The van der Waals surface area contributed by atoms with Crippen LogP contribution in [-0.2, 0) is 0 Å². The molecule has 0 spiro atoms. The van der Waals surface area contributed by atoms with Crippen LogP contribution in [0.3, 0.4) is 0 Å². The van der Waals surface area contributed by atoms with Gasteiger partial charge < -0.3 is 9.80 Å². The van der Waals surface area contributed by atoms with Gasteiger partial charge in [0.05, 0.1) is 22.3 Å².